The first-order valence-corrected chi connectivity index (χ1v) is 10.5. The van der Waals surface area contributed by atoms with Crippen LogP contribution in [0.25, 0.3) is 0 Å². The molecule has 0 heterocycles. The third-order valence-corrected chi connectivity index (χ3v) is 5.23. The number of nitro groups is 1. The molecule has 3 rings (SSSR count). The van der Waals surface area contributed by atoms with Crippen LogP contribution in [0.3, 0.4) is 0 Å². The van der Waals surface area contributed by atoms with Crippen LogP contribution in [-0.2, 0) is 11.2 Å². The number of anilines is 3. The Balaban J connectivity index is 2.16. The summed E-state index contributed by atoms with van der Waals surface area (Å²) in [7, 11) is 0. The van der Waals surface area contributed by atoms with Crippen LogP contribution in [-0.4, -0.2) is 15.9 Å². The number of nitrogens with one attached hydrogen (secondary N) is 1. The molecule has 0 fully saturated rings. The molecule has 7 nitrogen and oxygen atoms in total. The molecule has 0 atom stereocenters. The van der Waals surface area contributed by atoms with Gasteiger partial charge < -0.3 is 11.1 Å². The minimum Gasteiger partial charge on any atom is -0.369 e. The predicted octanol–water partition coefficient (Wildman–Crippen LogP) is 5.28. The Morgan fingerprint density at radius 3 is 2.28 bits per heavy atom. The summed E-state index contributed by atoms with van der Waals surface area (Å²) in [6.45, 7) is 4.15. The number of hydrogen-bond acceptors (Lipinski definition) is 4. The number of amides is 1. The van der Waals surface area contributed by atoms with E-state index in [-0.39, 0.29) is 28.8 Å². The van der Waals surface area contributed by atoms with E-state index in [9.17, 15) is 14.9 Å². The van der Waals surface area contributed by atoms with Gasteiger partial charge in [0.2, 0.25) is 5.91 Å². The third kappa shape index (κ3) is 5.09. The maximum absolute atomic E-state index is 11.7. The number of carbonyl (C=O) groups excluding carboxylic acids is 1. The Morgan fingerprint density at radius 2 is 1.62 bits per heavy atom. The molecule has 0 saturated carbocycles. The highest BCUT2D eigenvalue weighted by atomic mass is 32.1. The lowest BCUT2D eigenvalue weighted by Crippen LogP contribution is -2.33. The molecule has 0 unspecified atom stereocenters. The molecule has 0 aliphatic rings. The van der Waals surface area contributed by atoms with Crippen molar-refractivity contribution in [1.29, 1.82) is 0 Å². The van der Waals surface area contributed by atoms with Gasteiger partial charge in [-0.15, -0.1) is 0 Å². The number of rotatable bonds is 7. The van der Waals surface area contributed by atoms with Gasteiger partial charge in [-0.25, -0.2) is 0 Å². The molecule has 0 aliphatic heterocycles. The second-order valence-electron chi connectivity index (χ2n) is 7.53. The highest BCUT2D eigenvalue weighted by Gasteiger charge is 2.24. The van der Waals surface area contributed by atoms with Gasteiger partial charge >= 0.3 is 0 Å². The second-order valence-corrected chi connectivity index (χ2v) is 7.91. The van der Waals surface area contributed by atoms with Crippen molar-refractivity contribution in [3.8, 4) is 0 Å². The number of primary amides is 1. The summed E-state index contributed by atoms with van der Waals surface area (Å²) >= 11 is 5.76. The zero-order chi connectivity index (χ0) is 23.3. The van der Waals surface area contributed by atoms with Gasteiger partial charge in [-0.2, -0.15) is 0 Å². The van der Waals surface area contributed by atoms with Crippen LogP contribution in [0.4, 0.5) is 22.7 Å². The van der Waals surface area contributed by atoms with Crippen LogP contribution in [0.1, 0.15) is 30.9 Å². The van der Waals surface area contributed by atoms with Crippen molar-refractivity contribution in [1.82, 2.24) is 0 Å². The minimum atomic E-state index is -0.466. The molecule has 0 radical (unpaired) electrons. The van der Waals surface area contributed by atoms with E-state index in [1.165, 1.54) is 6.07 Å². The zero-order valence-electron chi connectivity index (χ0n) is 17.8. The number of benzene rings is 3. The molecule has 1 amide bonds. The van der Waals surface area contributed by atoms with Crippen LogP contribution in [0.15, 0.2) is 72.8 Å². The molecular formula is C24H24N4O3S. The van der Waals surface area contributed by atoms with Crippen LogP contribution < -0.4 is 16.0 Å². The minimum absolute atomic E-state index is 0.0324. The fourth-order valence-corrected chi connectivity index (χ4v) is 3.81. The van der Waals surface area contributed by atoms with Crippen molar-refractivity contribution in [2.45, 2.75) is 26.2 Å². The van der Waals surface area contributed by atoms with E-state index in [0.717, 1.165) is 11.3 Å². The smallest absolute Gasteiger partial charge is 0.292 e. The van der Waals surface area contributed by atoms with Crippen molar-refractivity contribution < 1.29 is 9.72 Å². The molecule has 0 spiro atoms. The van der Waals surface area contributed by atoms with Crippen LogP contribution >= 0.6 is 12.2 Å². The molecule has 3 aromatic carbocycles. The normalized spacial score (nSPS) is 10.6. The first-order chi connectivity index (χ1) is 15.3. The largest absolute Gasteiger partial charge is 0.369 e. The van der Waals surface area contributed by atoms with Crippen molar-refractivity contribution in [2.24, 2.45) is 5.73 Å². The summed E-state index contributed by atoms with van der Waals surface area (Å²) in [6.07, 6.45) is 0.0324. The molecule has 3 N–H and O–H groups in total. The van der Waals surface area contributed by atoms with Crippen LogP contribution in [0, 0.1) is 10.1 Å². The molecular weight excluding hydrogens is 424 g/mol. The average Bonchev–Trinajstić information content (AvgIpc) is 2.75. The van der Waals surface area contributed by atoms with Crippen molar-refractivity contribution >= 4 is 46.0 Å². The lowest BCUT2D eigenvalue weighted by atomic mass is 9.99. The molecule has 0 aliphatic carbocycles. The zero-order valence-corrected chi connectivity index (χ0v) is 18.6. The molecule has 3 aromatic rings. The van der Waals surface area contributed by atoms with E-state index < -0.39 is 10.8 Å². The van der Waals surface area contributed by atoms with Crippen LogP contribution in [0.5, 0.6) is 0 Å². The summed E-state index contributed by atoms with van der Waals surface area (Å²) in [5.41, 5.74) is 8.90. The Hall–Kier alpha value is -3.78. The number of nitrogens with zero attached hydrogens (tertiary/aromatic N) is 2. The molecule has 8 heteroatoms. The Bertz CT molecular complexity index is 1160. The summed E-state index contributed by atoms with van der Waals surface area (Å²) in [4.78, 5) is 24.6. The molecule has 0 aromatic heterocycles. The molecule has 164 valence electrons. The molecule has 0 bridgehead atoms. The Kier molecular flexibility index (Phi) is 7.17. The van der Waals surface area contributed by atoms with Gasteiger partial charge in [0.1, 0.15) is 5.69 Å². The third-order valence-electron chi connectivity index (χ3n) is 4.94. The average molecular weight is 449 g/mol. The summed E-state index contributed by atoms with van der Waals surface area (Å²) in [5, 5.41) is 14.8. The summed E-state index contributed by atoms with van der Waals surface area (Å²) in [6, 6.07) is 21.5. The summed E-state index contributed by atoms with van der Waals surface area (Å²) in [5.74, 6) is -0.280. The van der Waals surface area contributed by atoms with Gasteiger partial charge in [-0.3, -0.25) is 19.8 Å². The van der Waals surface area contributed by atoms with E-state index in [1.54, 1.807) is 23.1 Å². The van der Waals surface area contributed by atoms with Crippen molar-refractivity contribution in [2.75, 3.05) is 10.2 Å². The number of para-hydroxylation sites is 4. The Labute approximate surface area is 192 Å². The van der Waals surface area contributed by atoms with E-state index in [1.807, 2.05) is 48.5 Å². The monoisotopic (exact) mass is 448 g/mol. The maximum atomic E-state index is 11.7. The van der Waals surface area contributed by atoms with Gasteiger partial charge in [0.15, 0.2) is 5.11 Å². The fourth-order valence-electron chi connectivity index (χ4n) is 3.50. The van der Waals surface area contributed by atoms with Gasteiger partial charge in [0.05, 0.1) is 22.7 Å². The van der Waals surface area contributed by atoms with Gasteiger partial charge in [-0.05, 0) is 47.5 Å². The first-order valence-electron chi connectivity index (χ1n) is 10.1. The summed E-state index contributed by atoms with van der Waals surface area (Å²) < 4.78 is 0. The maximum Gasteiger partial charge on any atom is 0.292 e. The van der Waals surface area contributed by atoms with Crippen molar-refractivity contribution in [3.05, 3.63) is 94.0 Å². The highest BCUT2D eigenvalue weighted by Crippen LogP contribution is 2.36. The van der Waals surface area contributed by atoms with Gasteiger partial charge in [-0.1, -0.05) is 62.4 Å². The van der Waals surface area contributed by atoms with Gasteiger partial charge in [0.25, 0.3) is 5.69 Å². The first kappa shape index (κ1) is 22.9. The number of nitro benzene ring substituents is 1. The quantitative estimate of drug-likeness (QED) is 0.290. The van der Waals surface area contributed by atoms with E-state index >= 15 is 0 Å². The SMILES string of the molecule is CC(C)c1ccccc1N(C(=S)Nc1ccccc1[N+](=O)[O-])c1ccccc1CC(N)=O. The van der Waals surface area contributed by atoms with E-state index in [2.05, 4.69) is 19.2 Å². The van der Waals surface area contributed by atoms with E-state index in [4.69, 9.17) is 18.0 Å². The predicted molar refractivity (Wildman–Crippen MR) is 131 cm³/mol. The number of hydrogen-bond donors (Lipinski definition) is 2. The highest BCUT2D eigenvalue weighted by molar-refractivity contribution is 7.80. The van der Waals surface area contributed by atoms with Gasteiger partial charge in [0, 0.05) is 6.07 Å². The Morgan fingerprint density at radius 1 is 1.03 bits per heavy atom. The number of carbonyl (C=O) groups is 1. The van der Waals surface area contributed by atoms with Crippen LogP contribution in [0.2, 0.25) is 0 Å². The second kappa shape index (κ2) is 10.0. The van der Waals surface area contributed by atoms with E-state index in [0.29, 0.717) is 11.3 Å². The lowest BCUT2D eigenvalue weighted by molar-refractivity contribution is -0.383. The number of thiocarbonyl (C=S) groups is 1. The molecule has 32 heavy (non-hydrogen) atoms. The topological polar surface area (TPSA) is 102 Å². The molecule has 0 saturated heterocycles. The lowest BCUT2D eigenvalue weighted by Gasteiger charge is -2.30. The standard InChI is InChI=1S/C24H24N4O3S/c1-16(2)18-10-4-7-13-21(18)27(20-12-6-3-9-17(20)15-23(25)29)24(32)26-19-11-5-8-14-22(19)28(30)31/h3-14,16H,15H2,1-2H3,(H2,25,29)(H,26,32). The van der Waals surface area contributed by atoms with Crippen molar-refractivity contribution in [3.63, 3.8) is 0 Å². The number of nitrogens with two attached hydrogens (primary N) is 1. The fraction of sp³-hybridized carbons (Fsp3) is 0.167.